The van der Waals surface area contributed by atoms with Gasteiger partial charge in [0.2, 0.25) is 11.6 Å². The van der Waals surface area contributed by atoms with Crippen molar-refractivity contribution in [2.45, 2.75) is 104 Å². The number of rotatable bonds is 16. The molecule has 0 rings (SSSR count). The standard InChI is InChI=1S/C19H34O3/c1-3-5-7-9-11-13-15-17(20)19(22)18(21)16-14-12-10-8-6-4-2/h3-16H2,1-2H3. The Hall–Kier alpha value is -0.990. The first-order valence-electron chi connectivity index (χ1n) is 9.23. The van der Waals surface area contributed by atoms with Crippen LogP contribution in [-0.4, -0.2) is 17.3 Å². The zero-order valence-corrected chi connectivity index (χ0v) is 14.6. The highest BCUT2D eigenvalue weighted by atomic mass is 16.2. The van der Waals surface area contributed by atoms with Crippen molar-refractivity contribution in [3.8, 4) is 0 Å². The van der Waals surface area contributed by atoms with Crippen LogP contribution in [0, 0.1) is 0 Å². The van der Waals surface area contributed by atoms with E-state index in [4.69, 9.17) is 0 Å². The Labute approximate surface area is 136 Å². The summed E-state index contributed by atoms with van der Waals surface area (Å²) in [5.41, 5.74) is 0. The van der Waals surface area contributed by atoms with Crippen molar-refractivity contribution in [3.05, 3.63) is 0 Å². The second-order valence-electron chi connectivity index (χ2n) is 6.21. The van der Waals surface area contributed by atoms with Gasteiger partial charge in [0.15, 0.2) is 0 Å². The number of carbonyl (C=O) groups excluding carboxylic acids is 3. The maximum atomic E-state index is 11.7. The molecule has 0 unspecified atom stereocenters. The van der Waals surface area contributed by atoms with Gasteiger partial charge >= 0.3 is 0 Å². The van der Waals surface area contributed by atoms with Crippen molar-refractivity contribution >= 4 is 17.3 Å². The van der Waals surface area contributed by atoms with E-state index < -0.39 is 17.3 Å². The first-order chi connectivity index (χ1) is 10.6. The molecule has 0 bridgehead atoms. The molecular weight excluding hydrogens is 276 g/mol. The highest BCUT2D eigenvalue weighted by Crippen LogP contribution is 2.09. The number of unbranched alkanes of at least 4 members (excludes halogenated alkanes) is 10. The molecule has 0 N–H and O–H groups in total. The lowest BCUT2D eigenvalue weighted by Gasteiger charge is -2.02. The minimum atomic E-state index is -0.762. The predicted molar refractivity (Wildman–Crippen MR) is 91.0 cm³/mol. The fourth-order valence-corrected chi connectivity index (χ4v) is 2.51. The fraction of sp³-hybridized carbons (Fsp3) is 0.842. The molecule has 0 aliphatic rings. The molecule has 0 aliphatic carbocycles. The molecule has 3 nitrogen and oxygen atoms in total. The molecule has 0 atom stereocenters. The van der Waals surface area contributed by atoms with Crippen molar-refractivity contribution in [2.75, 3.05) is 0 Å². The van der Waals surface area contributed by atoms with Gasteiger partial charge in [-0.2, -0.15) is 0 Å². The summed E-state index contributed by atoms with van der Waals surface area (Å²) < 4.78 is 0. The third kappa shape index (κ3) is 11.6. The highest BCUT2D eigenvalue weighted by Gasteiger charge is 2.21. The number of Topliss-reactive ketones (excluding diaryl/α,β-unsaturated/α-hetero) is 3. The van der Waals surface area contributed by atoms with Gasteiger partial charge in [0.25, 0.3) is 5.78 Å². The summed E-state index contributed by atoms with van der Waals surface area (Å²) in [6.07, 6.45) is 13.4. The highest BCUT2D eigenvalue weighted by molar-refractivity contribution is 6.63. The van der Waals surface area contributed by atoms with Gasteiger partial charge in [-0.1, -0.05) is 78.1 Å². The first-order valence-corrected chi connectivity index (χ1v) is 9.23. The zero-order chi connectivity index (χ0) is 16.6. The van der Waals surface area contributed by atoms with Crippen LogP contribution in [0.4, 0.5) is 0 Å². The lowest BCUT2D eigenvalue weighted by Crippen LogP contribution is -2.23. The predicted octanol–water partition coefficient (Wildman–Crippen LogP) is 5.19. The average molecular weight is 310 g/mol. The number of hydrogen-bond donors (Lipinski definition) is 0. The molecule has 128 valence electrons. The Morgan fingerprint density at radius 2 is 0.818 bits per heavy atom. The molecule has 0 amide bonds. The smallest absolute Gasteiger partial charge is 0.264 e. The lowest BCUT2D eigenvalue weighted by atomic mass is 10.0. The van der Waals surface area contributed by atoms with Crippen LogP contribution in [-0.2, 0) is 14.4 Å². The maximum absolute atomic E-state index is 11.7. The Morgan fingerprint density at radius 1 is 0.500 bits per heavy atom. The van der Waals surface area contributed by atoms with E-state index in [1.54, 1.807) is 0 Å². The van der Waals surface area contributed by atoms with Crippen molar-refractivity contribution in [1.82, 2.24) is 0 Å². The topological polar surface area (TPSA) is 51.2 Å². The molecule has 0 aromatic carbocycles. The minimum absolute atomic E-state index is 0.243. The van der Waals surface area contributed by atoms with Crippen molar-refractivity contribution in [1.29, 1.82) is 0 Å². The van der Waals surface area contributed by atoms with Gasteiger partial charge in [-0.25, -0.2) is 0 Å². The fourth-order valence-electron chi connectivity index (χ4n) is 2.51. The first kappa shape index (κ1) is 21.0. The van der Waals surface area contributed by atoms with Crippen LogP contribution in [0.5, 0.6) is 0 Å². The van der Waals surface area contributed by atoms with E-state index in [9.17, 15) is 14.4 Å². The summed E-state index contributed by atoms with van der Waals surface area (Å²) in [5, 5.41) is 0. The summed E-state index contributed by atoms with van der Waals surface area (Å²) in [6.45, 7) is 4.33. The third-order valence-electron chi connectivity index (χ3n) is 4.02. The van der Waals surface area contributed by atoms with E-state index in [1.807, 2.05) is 0 Å². The Balaban J connectivity index is 3.65. The zero-order valence-electron chi connectivity index (χ0n) is 14.6. The van der Waals surface area contributed by atoms with E-state index in [0.29, 0.717) is 0 Å². The molecule has 0 aromatic rings. The SMILES string of the molecule is CCCCCCCCC(=O)C(=O)C(=O)CCCCCCCC. The summed E-state index contributed by atoms with van der Waals surface area (Å²) in [7, 11) is 0. The molecule has 0 aromatic heterocycles. The normalized spacial score (nSPS) is 10.6. The van der Waals surface area contributed by atoms with E-state index in [-0.39, 0.29) is 12.8 Å². The Bertz CT molecular complexity index is 291. The summed E-state index contributed by atoms with van der Waals surface area (Å²) in [6, 6.07) is 0. The molecule has 22 heavy (non-hydrogen) atoms. The third-order valence-corrected chi connectivity index (χ3v) is 4.02. The molecule has 0 saturated heterocycles. The van der Waals surface area contributed by atoms with Crippen LogP contribution in [0.3, 0.4) is 0 Å². The average Bonchev–Trinajstić information content (AvgIpc) is 2.52. The summed E-state index contributed by atoms with van der Waals surface area (Å²) >= 11 is 0. The molecule has 0 heterocycles. The van der Waals surface area contributed by atoms with Gasteiger partial charge in [-0.3, -0.25) is 14.4 Å². The van der Waals surface area contributed by atoms with Crippen LogP contribution in [0.1, 0.15) is 104 Å². The monoisotopic (exact) mass is 310 g/mol. The van der Waals surface area contributed by atoms with Crippen LogP contribution in [0.25, 0.3) is 0 Å². The minimum Gasteiger partial charge on any atom is -0.290 e. The quantitative estimate of drug-likeness (QED) is 0.224. The van der Waals surface area contributed by atoms with Gasteiger partial charge in [-0.15, -0.1) is 0 Å². The van der Waals surface area contributed by atoms with E-state index in [0.717, 1.165) is 38.5 Å². The Morgan fingerprint density at radius 3 is 1.18 bits per heavy atom. The van der Waals surface area contributed by atoms with Crippen molar-refractivity contribution in [3.63, 3.8) is 0 Å². The van der Waals surface area contributed by atoms with Gasteiger partial charge in [0.05, 0.1) is 0 Å². The van der Waals surface area contributed by atoms with Crippen LogP contribution >= 0.6 is 0 Å². The Kier molecular flexibility index (Phi) is 14.3. The largest absolute Gasteiger partial charge is 0.290 e. The molecule has 0 fully saturated rings. The number of ketones is 3. The van der Waals surface area contributed by atoms with Crippen LogP contribution in [0.2, 0.25) is 0 Å². The van der Waals surface area contributed by atoms with Crippen molar-refractivity contribution in [2.24, 2.45) is 0 Å². The van der Waals surface area contributed by atoms with Crippen molar-refractivity contribution < 1.29 is 14.4 Å². The van der Waals surface area contributed by atoms with E-state index in [2.05, 4.69) is 13.8 Å². The lowest BCUT2D eigenvalue weighted by molar-refractivity contribution is -0.144. The second kappa shape index (κ2) is 14.9. The van der Waals surface area contributed by atoms with Crippen LogP contribution in [0.15, 0.2) is 0 Å². The molecule has 0 radical (unpaired) electrons. The number of carbonyl (C=O) groups is 3. The molecule has 0 spiro atoms. The number of hydrogen-bond acceptors (Lipinski definition) is 3. The van der Waals surface area contributed by atoms with Crippen LogP contribution < -0.4 is 0 Å². The summed E-state index contributed by atoms with van der Waals surface area (Å²) in [5.74, 6) is -1.72. The van der Waals surface area contributed by atoms with E-state index in [1.165, 1.54) is 38.5 Å². The second-order valence-corrected chi connectivity index (χ2v) is 6.21. The molecular formula is C19H34O3. The maximum Gasteiger partial charge on any atom is 0.264 e. The molecule has 0 saturated carbocycles. The summed E-state index contributed by atoms with van der Waals surface area (Å²) in [4.78, 5) is 35.0. The van der Waals surface area contributed by atoms with Gasteiger partial charge in [0, 0.05) is 12.8 Å². The molecule has 3 heteroatoms. The van der Waals surface area contributed by atoms with Gasteiger partial charge in [-0.05, 0) is 12.8 Å². The van der Waals surface area contributed by atoms with E-state index >= 15 is 0 Å². The van der Waals surface area contributed by atoms with Gasteiger partial charge in [0.1, 0.15) is 0 Å². The van der Waals surface area contributed by atoms with Gasteiger partial charge < -0.3 is 0 Å². The molecule has 0 aliphatic heterocycles.